The molecule has 0 N–H and O–H groups in total. The molecule has 0 aliphatic heterocycles. The zero-order valence-electron chi connectivity index (χ0n) is 17.9. The molecule has 3 nitrogen and oxygen atoms in total. The van der Waals surface area contributed by atoms with E-state index in [1.54, 1.807) is 0 Å². The van der Waals surface area contributed by atoms with Gasteiger partial charge in [-0.25, -0.2) is 4.98 Å². The average Bonchev–Trinajstić information content (AvgIpc) is 2.67. The molecule has 0 aliphatic rings. The Labute approximate surface area is 184 Å². The fourth-order valence-corrected chi connectivity index (χ4v) is 3.25. The summed E-state index contributed by atoms with van der Waals surface area (Å²) in [6.45, 7) is 12.4. The molecule has 151 valence electrons. The Bertz CT molecular complexity index is 958. The topological polar surface area (TPSA) is 37.6 Å². The third kappa shape index (κ3) is 5.28. The van der Waals surface area contributed by atoms with Crippen molar-refractivity contribution in [3.05, 3.63) is 88.2 Å². The molecule has 0 atom stereocenters. The van der Waals surface area contributed by atoms with E-state index in [4.69, 9.17) is 15.0 Å². The minimum absolute atomic E-state index is 0. The van der Waals surface area contributed by atoms with Crippen LogP contribution in [0.5, 0.6) is 0 Å². The minimum atomic E-state index is 0. The van der Waals surface area contributed by atoms with E-state index in [1.165, 1.54) is 22.3 Å². The molecule has 0 spiro atoms. The first-order chi connectivity index (χ1) is 13.4. The van der Waals surface area contributed by atoms with Gasteiger partial charge in [0.05, 0.1) is 34.2 Å². The van der Waals surface area contributed by atoms with Crippen LogP contribution in [0.15, 0.2) is 64.6 Å². The summed E-state index contributed by atoms with van der Waals surface area (Å²) in [6, 6.07) is 18.5. The number of hydrogen-bond donors (Lipinski definition) is 0. The van der Waals surface area contributed by atoms with Gasteiger partial charge in [-0.15, -0.1) is 0 Å². The fraction of sp³-hybridized carbons (Fsp3) is 0.240. The van der Waals surface area contributed by atoms with Gasteiger partial charge in [-0.2, -0.15) is 0 Å². The Morgan fingerprint density at radius 2 is 0.897 bits per heavy atom. The van der Waals surface area contributed by atoms with Gasteiger partial charge >= 0.3 is 0 Å². The number of nitrogens with zero attached hydrogens (tertiary/aromatic N) is 3. The van der Waals surface area contributed by atoms with E-state index in [0.717, 1.165) is 34.2 Å². The first-order valence-corrected chi connectivity index (χ1v) is 9.57. The Morgan fingerprint density at radius 1 is 0.586 bits per heavy atom. The van der Waals surface area contributed by atoms with Gasteiger partial charge in [0.1, 0.15) is 0 Å². The van der Waals surface area contributed by atoms with Gasteiger partial charge in [-0.05, 0) is 75.9 Å². The number of para-hydroxylation sites is 2. The molecule has 1 heterocycles. The molecule has 2 aromatic carbocycles. The van der Waals surface area contributed by atoms with Crippen molar-refractivity contribution in [1.82, 2.24) is 4.98 Å². The maximum Gasteiger partial charge on any atom is 0.0849 e. The quantitative estimate of drug-likeness (QED) is 0.432. The van der Waals surface area contributed by atoms with Gasteiger partial charge in [0.25, 0.3) is 0 Å². The fourth-order valence-electron chi connectivity index (χ4n) is 3.25. The van der Waals surface area contributed by atoms with E-state index >= 15 is 0 Å². The van der Waals surface area contributed by atoms with Gasteiger partial charge in [0, 0.05) is 16.8 Å². The summed E-state index contributed by atoms with van der Waals surface area (Å²) in [4.78, 5) is 14.5. The number of rotatable bonds is 4. The van der Waals surface area contributed by atoms with E-state index in [-0.39, 0.29) is 16.8 Å². The van der Waals surface area contributed by atoms with Crippen LogP contribution in [-0.2, 0) is 16.8 Å². The Morgan fingerprint density at radius 3 is 1.24 bits per heavy atom. The predicted octanol–water partition coefficient (Wildman–Crippen LogP) is 6.59. The van der Waals surface area contributed by atoms with Crippen LogP contribution in [0.25, 0.3) is 0 Å². The second kappa shape index (κ2) is 9.77. The molecule has 29 heavy (non-hydrogen) atoms. The number of pyridine rings is 1. The number of benzene rings is 2. The van der Waals surface area contributed by atoms with Crippen molar-refractivity contribution >= 4 is 22.8 Å². The first kappa shape index (κ1) is 22.7. The molecule has 3 aromatic rings. The summed E-state index contributed by atoms with van der Waals surface area (Å²) in [5, 5.41) is 0. The smallest absolute Gasteiger partial charge is 0.0849 e. The monoisotopic (exact) mass is 428 g/mol. The first-order valence-electron chi connectivity index (χ1n) is 9.57. The largest absolute Gasteiger partial charge is 0.251 e. The van der Waals surface area contributed by atoms with Gasteiger partial charge in [-0.1, -0.05) is 42.5 Å². The zero-order chi connectivity index (χ0) is 20.3. The van der Waals surface area contributed by atoms with Crippen LogP contribution in [0.3, 0.4) is 0 Å². The van der Waals surface area contributed by atoms with E-state index in [0.29, 0.717) is 0 Å². The van der Waals surface area contributed by atoms with E-state index in [9.17, 15) is 0 Å². The van der Waals surface area contributed by atoms with Crippen molar-refractivity contribution in [2.24, 2.45) is 9.98 Å². The normalized spacial score (nSPS) is 11.9. The summed E-state index contributed by atoms with van der Waals surface area (Å²) in [5.41, 5.74) is 10.3. The average molecular weight is 428 g/mol. The zero-order valence-corrected chi connectivity index (χ0v) is 18.9. The molecule has 3 rings (SSSR count). The van der Waals surface area contributed by atoms with Crippen LogP contribution in [0.1, 0.15) is 47.5 Å². The van der Waals surface area contributed by atoms with Gasteiger partial charge in [0.15, 0.2) is 0 Å². The number of hydrogen-bond acceptors (Lipinski definition) is 3. The Hall–Kier alpha value is -2.56. The maximum atomic E-state index is 4.86. The van der Waals surface area contributed by atoms with Crippen LogP contribution in [0.4, 0.5) is 11.4 Å². The SMILES string of the molecule is CC(=Nc1c(C)cccc1C)c1cccc(C(C)=Nc2c(C)cccc2C)n1.[Co]. The standard InChI is InChI=1S/C25H27N3.Co/c1-16-10-7-11-17(2)24(16)26-20(5)22-14-9-15-23(28-22)21(6)27-25-18(3)12-8-13-19(25)4;/h7-15H,1-6H3;. The van der Waals surface area contributed by atoms with Gasteiger partial charge < -0.3 is 0 Å². The van der Waals surface area contributed by atoms with Crippen molar-refractivity contribution in [2.45, 2.75) is 41.5 Å². The van der Waals surface area contributed by atoms with Crippen LogP contribution in [-0.4, -0.2) is 16.4 Å². The third-order valence-electron chi connectivity index (χ3n) is 4.93. The molecule has 1 aromatic heterocycles. The maximum absolute atomic E-state index is 4.86. The molecule has 0 unspecified atom stereocenters. The Balaban J connectivity index is 0.00000300. The third-order valence-corrected chi connectivity index (χ3v) is 4.93. The molecule has 0 saturated carbocycles. The number of aliphatic imine (C=N–C) groups is 2. The minimum Gasteiger partial charge on any atom is -0.251 e. The number of aromatic nitrogens is 1. The van der Waals surface area contributed by atoms with E-state index < -0.39 is 0 Å². The predicted molar refractivity (Wildman–Crippen MR) is 120 cm³/mol. The second-order valence-electron chi connectivity index (χ2n) is 7.28. The van der Waals surface area contributed by atoms with E-state index in [2.05, 4.69) is 64.1 Å². The van der Waals surface area contributed by atoms with Crippen LogP contribution in [0.2, 0.25) is 0 Å². The molecule has 4 heteroatoms. The molecule has 0 amide bonds. The van der Waals surface area contributed by atoms with Crippen molar-refractivity contribution in [1.29, 1.82) is 0 Å². The molecule has 0 bridgehead atoms. The molecular weight excluding hydrogens is 401 g/mol. The molecule has 0 saturated heterocycles. The summed E-state index contributed by atoms with van der Waals surface area (Å²) in [5.74, 6) is 0. The summed E-state index contributed by atoms with van der Waals surface area (Å²) < 4.78 is 0. The second-order valence-corrected chi connectivity index (χ2v) is 7.28. The van der Waals surface area contributed by atoms with Crippen molar-refractivity contribution in [2.75, 3.05) is 0 Å². The van der Waals surface area contributed by atoms with E-state index in [1.807, 2.05) is 32.0 Å². The van der Waals surface area contributed by atoms with Crippen LogP contribution < -0.4 is 0 Å². The summed E-state index contributed by atoms with van der Waals surface area (Å²) in [7, 11) is 0. The van der Waals surface area contributed by atoms with Crippen LogP contribution >= 0.6 is 0 Å². The molecule has 1 radical (unpaired) electrons. The Kier molecular flexibility index (Phi) is 7.65. The van der Waals surface area contributed by atoms with Crippen molar-refractivity contribution in [3.63, 3.8) is 0 Å². The molecular formula is C25H27CoN3. The summed E-state index contributed by atoms with van der Waals surface area (Å²) in [6.07, 6.45) is 0. The molecule has 0 fully saturated rings. The summed E-state index contributed by atoms with van der Waals surface area (Å²) >= 11 is 0. The van der Waals surface area contributed by atoms with Crippen LogP contribution in [0, 0.1) is 27.7 Å². The van der Waals surface area contributed by atoms with Gasteiger partial charge in [-0.3, -0.25) is 9.98 Å². The molecule has 0 aliphatic carbocycles. The van der Waals surface area contributed by atoms with Crippen molar-refractivity contribution < 1.29 is 16.8 Å². The van der Waals surface area contributed by atoms with Crippen molar-refractivity contribution in [3.8, 4) is 0 Å². The van der Waals surface area contributed by atoms with Gasteiger partial charge in [0.2, 0.25) is 0 Å². The number of aryl methyl sites for hydroxylation is 4.